The zero-order chi connectivity index (χ0) is 14.6. The third-order valence-electron chi connectivity index (χ3n) is 3.66. The van der Waals surface area contributed by atoms with E-state index in [1.807, 2.05) is 0 Å². The van der Waals surface area contributed by atoms with Gasteiger partial charge in [0.15, 0.2) is 0 Å². The number of piperazine rings is 1. The van der Waals surface area contributed by atoms with Crippen molar-refractivity contribution in [3.05, 3.63) is 16.1 Å². The minimum Gasteiger partial charge on any atom is -0.383 e. The lowest BCUT2D eigenvalue weighted by molar-refractivity contribution is 0.0933. The highest BCUT2D eigenvalue weighted by atomic mass is 32.1. The van der Waals surface area contributed by atoms with Crippen LogP contribution in [-0.4, -0.2) is 61.2 Å². The lowest BCUT2D eigenvalue weighted by Gasteiger charge is -2.34. The van der Waals surface area contributed by atoms with Gasteiger partial charge in [0.1, 0.15) is 0 Å². The third kappa shape index (κ3) is 4.52. The van der Waals surface area contributed by atoms with Crippen molar-refractivity contribution < 1.29 is 4.74 Å². The van der Waals surface area contributed by atoms with E-state index in [0.29, 0.717) is 0 Å². The molecule has 2 rings (SSSR count). The summed E-state index contributed by atoms with van der Waals surface area (Å²) in [4.78, 5) is 9.77. The Morgan fingerprint density at radius 2 is 1.85 bits per heavy atom. The number of thiazole rings is 1. The summed E-state index contributed by atoms with van der Waals surface area (Å²) in [7, 11) is 1.77. The maximum Gasteiger partial charge on any atom is 0.0982 e. The molecule has 1 aliphatic rings. The predicted molar refractivity (Wildman–Crippen MR) is 84.4 cm³/mol. The van der Waals surface area contributed by atoms with Gasteiger partial charge < -0.3 is 4.74 Å². The summed E-state index contributed by atoms with van der Waals surface area (Å²) in [6, 6.07) is 0. The summed E-state index contributed by atoms with van der Waals surface area (Å²) >= 11 is 1.79. The van der Waals surface area contributed by atoms with E-state index in [4.69, 9.17) is 9.72 Å². The van der Waals surface area contributed by atoms with Gasteiger partial charge in [0.2, 0.25) is 0 Å². The Morgan fingerprint density at radius 1 is 1.20 bits per heavy atom. The van der Waals surface area contributed by atoms with E-state index in [1.165, 1.54) is 10.7 Å². The highest BCUT2D eigenvalue weighted by Crippen LogP contribution is 2.26. The number of ether oxygens (including phenoxy) is 1. The lowest BCUT2D eigenvalue weighted by atomic mass is 9.98. The van der Waals surface area contributed by atoms with Gasteiger partial charge in [-0.2, -0.15) is 0 Å². The average molecular weight is 297 g/mol. The second-order valence-corrected chi connectivity index (χ2v) is 7.36. The van der Waals surface area contributed by atoms with E-state index < -0.39 is 0 Å². The second kappa shape index (κ2) is 6.98. The number of hydrogen-bond acceptors (Lipinski definition) is 5. The molecule has 20 heavy (non-hydrogen) atoms. The van der Waals surface area contributed by atoms with Gasteiger partial charge in [-0.15, -0.1) is 11.3 Å². The van der Waals surface area contributed by atoms with Gasteiger partial charge in [0.05, 0.1) is 17.3 Å². The summed E-state index contributed by atoms with van der Waals surface area (Å²) in [6.45, 7) is 14.1. The van der Waals surface area contributed by atoms with Gasteiger partial charge in [-0.25, -0.2) is 4.98 Å². The van der Waals surface area contributed by atoms with Crippen LogP contribution in [0.25, 0.3) is 0 Å². The van der Waals surface area contributed by atoms with Crippen LogP contribution in [0.2, 0.25) is 0 Å². The fourth-order valence-electron chi connectivity index (χ4n) is 2.34. The Bertz CT molecular complexity index is 405. The molecular formula is C15H27N3OS. The van der Waals surface area contributed by atoms with Gasteiger partial charge in [0, 0.05) is 57.2 Å². The van der Waals surface area contributed by atoms with Crippen molar-refractivity contribution in [2.24, 2.45) is 0 Å². The van der Waals surface area contributed by atoms with E-state index in [0.717, 1.165) is 45.9 Å². The minimum absolute atomic E-state index is 0.168. The van der Waals surface area contributed by atoms with Crippen molar-refractivity contribution in [2.75, 3.05) is 46.4 Å². The highest BCUT2D eigenvalue weighted by Gasteiger charge is 2.20. The summed E-state index contributed by atoms with van der Waals surface area (Å²) in [5, 5.41) is 3.46. The molecule has 0 bridgehead atoms. The number of rotatable bonds is 5. The third-order valence-corrected chi connectivity index (χ3v) is 4.97. The normalized spacial score (nSPS) is 18.6. The van der Waals surface area contributed by atoms with Crippen LogP contribution in [0.5, 0.6) is 0 Å². The lowest BCUT2D eigenvalue weighted by Crippen LogP contribution is -2.46. The first kappa shape index (κ1) is 15.9. The van der Waals surface area contributed by atoms with E-state index in [1.54, 1.807) is 18.4 Å². The molecule has 0 N–H and O–H groups in total. The molecular weight excluding hydrogens is 270 g/mol. The van der Waals surface area contributed by atoms with Gasteiger partial charge in [0.25, 0.3) is 0 Å². The zero-order valence-electron chi connectivity index (χ0n) is 13.2. The fraction of sp³-hybridized carbons (Fsp3) is 0.800. The summed E-state index contributed by atoms with van der Waals surface area (Å²) < 4.78 is 5.14. The molecule has 0 spiro atoms. The molecule has 0 atom stereocenters. The van der Waals surface area contributed by atoms with Crippen LogP contribution in [0, 0.1) is 0 Å². The highest BCUT2D eigenvalue weighted by molar-refractivity contribution is 7.09. The topological polar surface area (TPSA) is 28.6 Å². The minimum atomic E-state index is 0.168. The van der Waals surface area contributed by atoms with Crippen LogP contribution in [0.1, 0.15) is 31.5 Å². The number of nitrogens with zero attached hydrogens (tertiary/aromatic N) is 3. The van der Waals surface area contributed by atoms with Gasteiger partial charge in [-0.3, -0.25) is 9.80 Å². The van der Waals surface area contributed by atoms with Crippen LogP contribution >= 0.6 is 11.3 Å². The molecule has 2 heterocycles. The Balaban J connectivity index is 1.79. The quantitative estimate of drug-likeness (QED) is 0.833. The Labute approximate surface area is 126 Å². The van der Waals surface area contributed by atoms with Gasteiger partial charge in [-0.1, -0.05) is 20.8 Å². The van der Waals surface area contributed by atoms with E-state index >= 15 is 0 Å². The first-order valence-corrected chi connectivity index (χ1v) is 8.25. The van der Waals surface area contributed by atoms with Crippen LogP contribution in [-0.2, 0) is 16.7 Å². The van der Waals surface area contributed by atoms with Crippen LogP contribution in [0.15, 0.2) is 5.38 Å². The molecule has 1 aliphatic heterocycles. The van der Waals surface area contributed by atoms with Gasteiger partial charge in [-0.05, 0) is 0 Å². The molecule has 0 aliphatic carbocycles. The first-order chi connectivity index (χ1) is 9.49. The van der Waals surface area contributed by atoms with E-state index in [9.17, 15) is 0 Å². The van der Waals surface area contributed by atoms with Crippen molar-refractivity contribution in [3.8, 4) is 0 Å². The fourth-order valence-corrected chi connectivity index (χ4v) is 3.24. The molecule has 114 valence electrons. The number of hydrogen-bond donors (Lipinski definition) is 0. The number of methoxy groups -OCH3 is 1. The summed E-state index contributed by atoms with van der Waals surface area (Å²) in [5.41, 5.74) is 1.40. The molecule has 0 aromatic carbocycles. The Kier molecular flexibility index (Phi) is 5.55. The zero-order valence-corrected chi connectivity index (χ0v) is 14.0. The number of aromatic nitrogens is 1. The first-order valence-electron chi connectivity index (χ1n) is 7.37. The predicted octanol–water partition coefficient (Wildman–Crippen LogP) is 2.20. The monoisotopic (exact) mass is 297 g/mol. The van der Waals surface area contributed by atoms with Crippen LogP contribution < -0.4 is 0 Å². The second-order valence-electron chi connectivity index (χ2n) is 6.50. The SMILES string of the molecule is COCCN1CCN(Cc2csc(C(C)(C)C)n2)CC1. The molecule has 4 nitrogen and oxygen atoms in total. The molecule has 1 aromatic rings. The molecule has 1 saturated heterocycles. The average Bonchev–Trinajstić information content (AvgIpc) is 2.86. The smallest absolute Gasteiger partial charge is 0.0982 e. The molecule has 1 aromatic heterocycles. The largest absolute Gasteiger partial charge is 0.383 e. The standard InChI is InChI=1S/C15H27N3OS/c1-15(2,3)14-16-13(12-20-14)11-18-7-5-17(6-8-18)9-10-19-4/h12H,5-11H2,1-4H3. The van der Waals surface area contributed by atoms with Crippen LogP contribution in [0.4, 0.5) is 0 Å². The van der Waals surface area contributed by atoms with Gasteiger partial charge >= 0.3 is 0 Å². The van der Waals surface area contributed by atoms with E-state index in [-0.39, 0.29) is 5.41 Å². The summed E-state index contributed by atoms with van der Waals surface area (Å²) in [6.07, 6.45) is 0. The molecule has 5 heteroatoms. The maximum atomic E-state index is 5.14. The molecule has 0 unspecified atom stereocenters. The van der Waals surface area contributed by atoms with Crippen molar-refractivity contribution in [3.63, 3.8) is 0 Å². The molecule has 1 fully saturated rings. The van der Waals surface area contributed by atoms with E-state index in [2.05, 4.69) is 36.0 Å². The van der Waals surface area contributed by atoms with Crippen molar-refractivity contribution in [1.29, 1.82) is 0 Å². The van der Waals surface area contributed by atoms with Crippen molar-refractivity contribution >= 4 is 11.3 Å². The molecule has 0 saturated carbocycles. The maximum absolute atomic E-state index is 5.14. The molecule has 0 amide bonds. The van der Waals surface area contributed by atoms with Crippen LogP contribution in [0.3, 0.4) is 0 Å². The Hall–Kier alpha value is -0.490. The van der Waals surface area contributed by atoms with Crippen molar-refractivity contribution in [1.82, 2.24) is 14.8 Å². The van der Waals surface area contributed by atoms with Crippen molar-refractivity contribution in [2.45, 2.75) is 32.7 Å². The molecule has 0 radical (unpaired) electrons. The summed E-state index contributed by atoms with van der Waals surface area (Å²) in [5.74, 6) is 0. The Morgan fingerprint density at radius 3 is 2.40 bits per heavy atom.